The molecule has 124 valence electrons. The molecule has 0 spiro atoms. The van der Waals surface area contributed by atoms with Crippen LogP contribution in [0.3, 0.4) is 0 Å². The fourth-order valence-electron chi connectivity index (χ4n) is 3.83. The van der Waals surface area contributed by atoms with Crippen molar-refractivity contribution in [3.05, 3.63) is 63.7 Å². The summed E-state index contributed by atoms with van der Waals surface area (Å²) in [5, 5.41) is 14.8. The number of benzene rings is 2. The van der Waals surface area contributed by atoms with Gasteiger partial charge < -0.3 is 15.2 Å². The predicted octanol–water partition coefficient (Wildman–Crippen LogP) is 5.53. The van der Waals surface area contributed by atoms with Crippen molar-refractivity contribution in [2.24, 2.45) is 5.92 Å². The molecule has 3 atom stereocenters. The number of allylic oxidation sites excluding steroid dienone is 2. The number of hydrogen-bond donors (Lipinski definition) is 2. The van der Waals surface area contributed by atoms with Crippen LogP contribution in [0.15, 0.2) is 42.5 Å². The number of anilines is 1. The van der Waals surface area contributed by atoms with Gasteiger partial charge in [-0.1, -0.05) is 47.5 Å². The molecule has 0 saturated heterocycles. The molecule has 1 aliphatic carbocycles. The molecule has 2 aromatic carbocycles. The first-order valence-electron chi connectivity index (χ1n) is 7.88. The van der Waals surface area contributed by atoms with E-state index in [4.69, 9.17) is 27.9 Å². The van der Waals surface area contributed by atoms with Gasteiger partial charge in [-0.05, 0) is 41.7 Å². The second-order valence-corrected chi connectivity index (χ2v) is 7.02. The Balaban J connectivity index is 1.80. The number of fused-ring (bicyclic) bond motifs is 3. The third kappa shape index (κ3) is 2.35. The van der Waals surface area contributed by atoms with E-state index in [-0.39, 0.29) is 11.8 Å². The Morgan fingerprint density at radius 1 is 1.21 bits per heavy atom. The quantitative estimate of drug-likeness (QED) is 0.690. The number of phenols is 1. The zero-order valence-electron chi connectivity index (χ0n) is 13.1. The standard InChI is InChI=1S/C19H17Cl2NO2/c1-24-16-8-5-10(9-15(16)23)18-12-4-2-3-11(12)13-6-7-14(20)17(21)19(13)22-18/h2-3,5-9,11-12,18,22-23H,4H2,1H3. The van der Waals surface area contributed by atoms with Crippen LogP contribution in [-0.4, -0.2) is 12.2 Å². The molecule has 0 bridgehead atoms. The van der Waals surface area contributed by atoms with E-state index in [0.717, 1.165) is 17.7 Å². The highest BCUT2D eigenvalue weighted by molar-refractivity contribution is 6.43. The summed E-state index contributed by atoms with van der Waals surface area (Å²) in [5.41, 5.74) is 3.07. The maximum atomic E-state index is 10.1. The number of aromatic hydroxyl groups is 1. The van der Waals surface area contributed by atoms with Crippen molar-refractivity contribution >= 4 is 28.9 Å². The summed E-state index contributed by atoms with van der Waals surface area (Å²) in [5.74, 6) is 1.28. The fourth-order valence-corrected chi connectivity index (χ4v) is 4.22. The summed E-state index contributed by atoms with van der Waals surface area (Å²) in [6.45, 7) is 0. The minimum absolute atomic E-state index is 0.0465. The van der Waals surface area contributed by atoms with Crippen molar-refractivity contribution in [3.8, 4) is 11.5 Å². The summed E-state index contributed by atoms with van der Waals surface area (Å²) in [4.78, 5) is 0. The molecule has 0 amide bonds. The van der Waals surface area contributed by atoms with Gasteiger partial charge in [0.2, 0.25) is 0 Å². The van der Waals surface area contributed by atoms with Crippen molar-refractivity contribution in [2.75, 3.05) is 12.4 Å². The van der Waals surface area contributed by atoms with E-state index in [1.54, 1.807) is 19.2 Å². The summed E-state index contributed by atoms with van der Waals surface area (Å²) in [6.07, 6.45) is 5.44. The van der Waals surface area contributed by atoms with E-state index < -0.39 is 0 Å². The Labute approximate surface area is 150 Å². The topological polar surface area (TPSA) is 41.5 Å². The summed E-state index contributed by atoms with van der Waals surface area (Å²) >= 11 is 12.6. The summed E-state index contributed by atoms with van der Waals surface area (Å²) < 4.78 is 5.14. The predicted molar refractivity (Wildman–Crippen MR) is 97.5 cm³/mol. The van der Waals surface area contributed by atoms with Gasteiger partial charge in [-0.2, -0.15) is 0 Å². The van der Waals surface area contributed by atoms with Crippen molar-refractivity contribution in [2.45, 2.75) is 18.4 Å². The minimum atomic E-state index is 0.0465. The average Bonchev–Trinajstić information content (AvgIpc) is 3.07. The van der Waals surface area contributed by atoms with Crippen LogP contribution < -0.4 is 10.1 Å². The number of halogens is 2. The van der Waals surface area contributed by atoms with Gasteiger partial charge in [0, 0.05) is 5.92 Å². The number of methoxy groups -OCH3 is 1. The number of rotatable bonds is 2. The molecule has 0 saturated carbocycles. The van der Waals surface area contributed by atoms with Gasteiger partial charge in [0.15, 0.2) is 11.5 Å². The van der Waals surface area contributed by atoms with Crippen LogP contribution in [-0.2, 0) is 0 Å². The molecule has 2 N–H and O–H groups in total. The molecule has 2 aromatic rings. The van der Waals surface area contributed by atoms with Crippen LogP contribution in [0.4, 0.5) is 5.69 Å². The van der Waals surface area contributed by atoms with E-state index in [1.807, 2.05) is 18.2 Å². The molecule has 0 radical (unpaired) electrons. The van der Waals surface area contributed by atoms with Crippen LogP contribution in [0.25, 0.3) is 0 Å². The van der Waals surface area contributed by atoms with Crippen molar-refractivity contribution in [3.63, 3.8) is 0 Å². The van der Waals surface area contributed by atoms with Gasteiger partial charge in [0.25, 0.3) is 0 Å². The average molecular weight is 362 g/mol. The monoisotopic (exact) mass is 361 g/mol. The van der Waals surface area contributed by atoms with E-state index in [0.29, 0.717) is 27.6 Å². The minimum Gasteiger partial charge on any atom is -0.504 e. The highest BCUT2D eigenvalue weighted by Gasteiger charge is 2.39. The van der Waals surface area contributed by atoms with E-state index >= 15 is 0 Å². The summed E-state index contributed by atoms with van der Waals surface area (Å²) in [6, 6.07) is 9.48. The largest absolute Gasteiger partial charge is 0.504 e. The molecule has 1 heterocycles. The van der Waals surface area contributed by atoms with Crippen LogP contribution >= 0.6 is 23.2 Å². The van der Waals surface area contributed by atoms with Gasteiger partial charge in [0.1, 0.15) is 0 Å². The van der Waals surface area contributed by atoms with E-state index in [2.05, 4.69) is 17.5 Å². The molecular formula is C19H17Cl2NO2. The van der Waals surface area contributed by atoms with Crippen molar-refractivity contribution in [1.82, 2.24) is 0 Å². The highest BCUT2D eigenvalue weighted by Crippen LogP contribution is 2.53. The molecule has 5 heteroatoms. The Hall–Kier alpha value is -1.84. The van der Waals surface area contributed by atoms with Crippen LogP contribution in [0.1, 0.15) is 29.5 Å². The van der Waals surface area contributed by atoms with Gasteiger partial charge in [-0.25, -0.2) is 0 Å². The number of ether oxygens (including phenoxy) is 1. The zero-order valence-corrected chi connectivity index (χ0v) is 14.6. The lowest BCUT2D eigenvalue weighted by atomic mass is 9.77. The molecule has 3 unspecified atom stereocenters. The van der Waals surface area contributed by atoms with Gasteiger partial charge in [-0.3, -0.25) is 0 Å². The Kier molecular flexibility index (Phi) is 3.86. The number of hydrogen-bond acceptors (Lipinski definition) is 3. The molecule has 0 aromatic heterocycles. The first-order valence-corrected chi connectivity index (χ1v) is 8.63. The maximum absolute atomic E-state index is 10.1. The van der Waals surface area contributed by atoms with Crippen LogP contribution in [0.5, 0.6) is 11.5 Å². The molecule has 0 fully saturated rings. The van der Waals surface area contributed by atoms with Gasteiger partial charge in [-0.15, -0.1) is 0 Å². The Morgan fingerprint density at radius 3 is 2.79 bits per heavy atom. The number of nitrogens with one attached hydrogen (secondary N) is 1. The first-order chi connectivity index (χ1) is 11.6. The smallest absolute Gasteiger partial charge is 0.160 e. The maximum Gasteiger partial charge on any atom is 0.160 e. The van der Waals surface area contributed by atoms with Crippen LogP contribution in [0.2, 0.25) is 10.0 Å². The van der Waals surface area contributed by atoms with Crippen molar-refractivity contribution in [1.29, 1.82) is 0 Å². The molecule has 2 aliphatic rings. The highest BCUT2D eigenvalue weighted by atomic mass is 35.5. The second-order valence-electron chi connectivity index (χ2n) is 6.23. The lowest BCUT2D eigenvalue weighted by Gasteiger charge is -2.38. The molecule has 1 aliphatic heterocycles. The summed E-state index contributed by atoms with van der Waals surface area (Å²) in [7, 11) is 1.54. The lowest BCUT2D eigenvalue weighted by Crippen LogP contribution is -2.29. The lowest BCUT2D eigenvalue weighted by molar-refractivity contribution is 0.371. The Bertz CT molecular complexity index is 834. The van der Waals surface area contributed by atoms with E-state index in [1.165, 1.54) is 5.56 Å². The van der Waals surface area contributed by atoms with Crippen molar-refractivity contribution < 1.29 is 9.84 Å². The van der Waals surface area contributed by atoms with Gasteiger partial charge >= 0.3 is 0 Å². The normalized spacial score (nSPS) is 24.2. The third-order valence-corrected chi connectivity index (χ3v) is 5.79. The zero-order chi connectivity index (χ0) is 16.8. The van der Waals surface area contributed by atoms with Gasteiger partial charge in [0.05, 0.1) is 28.9 Å². The second kappa shape index (κ2) is 5.91. The van der Waals surface area contributed by atoms with Crippen LogP contribution in [0, 0.1) is 5.92 Å². The molecule has 24 heavy (non-hydrogen) atoms. The molecular weight excluding hydrogens is 345 g/mol. The SMILES string of the molecule is COc1ccc(C2Nc3c(ccc(Cl)c3Cl)C3C=CCC32)cc1O. The number of phenolic OH excluding ortho intramolecular Hbond substituents is 1. The fraction of sp³-hybridized carbons (Fsp3) is 0.263. The first kappa shape index (κ1) is 15.7. The molecule has 3 nitrogen and oxygen atoms in total. The molecule has 4 rings (SSSR count). The Morgan fingerprint density at radius 2 is 2.04 bits per heavy atom. The van der Waals surface area contributed by atoms with E-state index in [9.17, 15) is 5.11 Å². The third-order valence-electron chi connectivity index (χ3n) is 4.99.